The van der Waals surface area contributed by atoms with Crippen LogP contribution in [0.3, 0.4) is 0 Å². The van der Waals surface area contributed by atoms with E-state index in [1.54, 1.807) is 37.3 Å². The molecule has 0 radical (unpaired) electrons. The van der Waals surface area contributed by atoms with Gasteiger partial charge in [-0.1, -0.05) is 65.3 Å². The molecule has 0 bridgehead atoms. The summed E-state index contributed by atoms with van der Waals surface area (Å²) in [5.41, 5.74) is 2.91. The number of nitrogens with zero attached hydrogens (tertiary/aromatic N) is 2. The Morgan fingerprint density at radius 3 is 2.24 bits per heavy atom. The van der Waals surface area contributed by atoms with Crippen LogP contribution in [-0.2, 0) is 26.2 Å². The SMILES string of the molecule is CCCNC(=O)C(C)N(Cc1ccc(Br)cc1)C(=O)CN(c1cccc(C)c1C)S(=O)(=O)c1ccccc1. The molecule has 202 valence electrons. The number of anilines is 1. The van der Waals surface area contributed by atoms with Gasteiger partial charge >= 0.3 is 0 Å². The van der Waals surface area contributed by atoms with Gasteiger partial charge in [-0.2, -0.15) is 0 Å². The maximum Gasteiger partial charge on any atom is 0.264 e. The van der Waals surface area contributed by atoms with E-state index in [0.29, 0.717) is 12.2 Å². The summed E-state index contributed by atoms with van der Waals surface area (Å²) in [7, 11) is -4.08. The lowest BCUT2D eigenvalue weighted by atomic mass is 10.1. The zero-order valence-corrected chi connectivity index (χ0v) is 24.6. The Labute approximate surface area is 234 Å². The third-order valence-electron chi connectivity index (χ3n) is 6.44. The summed E-state index contributed by atoms with van der Waals surface area (Å²) >= 11 is 3.42. The zero-order valence-electron chi connectivity index (χ0n) is 22.1. The maximum absolute atomic E-state index is 13.9. The molecule has 1 unspecified atom stereocenters. The zero-order chi connectivity index (χ0) is 27.9. The van der Waals surface area contributed by atoms with Crippen LogP contribution >= 0.6 is 15.9 Å². The molecular weight excluding hydrogens is 566 g/mol. The van der Waals surface area contributed by atoms with Gasteiger partial charge in [-0.25, -0.2) is 8.42 Å². The Hall–Kier alpha value is -3.17. The minimum atomic E-state index is -4.08. The van der Waals surface area contributed by atoms with Gasteiger partial charge in [-0.15, -0.1) is 0 Å². The molecule has 0 saturated heterocycles. The van der Waals surface area contributed by atoms with Gasteiger partial charge in [-0.05, 0) is 74.2 Å². The van der Waals surface area contributed by atoms with E-state index in [-0.39, 0.29) is 17.3 Å². The molecule has 3 aromatic rings. The topological polar surface area (TPSA) is 86.8 Å². The molecular formula is C29H34BrN3O4S. The summed E-state index contributed by atoms with van der Waals surface area (Å²) < 4.78 is 29.8. The lowest BCUT2D eigenvalue weighted by molar-refractivity contribution is -0.139. The van der Waals surface area contributed by atoms with Crippen molar-refractivity contribution in [3.05, 3.63) is 94.0 Å². The van der Waals surface area contributed by atoms with Gasteiger partial charge in [0.1, 0.15) is 12.6 Å². The first kappa shape index (κ1) is 29.4. The van der Waals surface area contributed by atoms with Crippen molar-refractivity contribution in [2.45, 2.75) is 51.6 Å². The number of hydrogen-bond donors (Lipinski definition) is 1. The lowest BCUT2D eigenvalue weighted by Crippen LogP contribution is -2.51. The smallest absolute Gasteiger partial charge is 0.264 e. The number of aryl methyl sites for hydroxylation is 1. The highest BCUT2D eigenvalue weighted by Crippen LogP contribution is 2.29. The van der Waals surface area contributed by atoms with Crippen LogP contribution in [0.2, 0.25) is 0 Å². The van der Waals surface area contributed by atoms with Crippen LogP contribution in [0.4, 0.5) is 5.69 Å². The van der Waals surface area contributed by atoms with E-state index in [1.165, 1.54) is 17.0 Å². The Kier molecular flexibility index (Phi) is 10.1. The molecule has 0 fully saturated rings. The Bertz CT molecular complexity index is 1360. The first-order valence-corrected chi connectivity index (χ1v) is 14.7. The van der Waals surface area contributed by atoms with Crippen LogP contribution in [0, 0.1) is 13.8 Å². The van der Waals surface area contributed by atoms with Crippen LogP contribution in [0.15, 0.2) is 82.2 Å². The van der Waals surface area contributed by atoms with Crippen molar-refractivity contribution in [1.29, 1.82) is 0 Å². The molecule has 7 nitrogen and oxygen atoms in total. The standard InChI is InChI=1S/C29H34BrN3O4S/c1-5-18-31-29(35)23(4)32(19-24-14-16-25(30)17-15-24)28(34)20-33(27-13-9-10-21(2)22(27)3)38(36,37)26-11-7-6-8-12-26/h6-17,23H,5,18-20H2,1-4H3,(H,31,35). The molecule has 9 heteroatoms. The number of rotatable bonds is 11. The van der Waals surface area contributed by atoms with Gasteiger partial charge in [-0.3, -0.25) is 13.9 Å². The van der Waals surface area contributed by atoms with Crippen LogP contribution in [0.1, 0.15) is 37.0 Å². The number of sulfonamides is 1. The second-order valence-electron chi connectivity index (χ2n) is 9.16. The summed E-state index contributed by atoms with van der Waals surface area (Å²) in [6, 6.07) is 20.1. The quantitative estimate of drug-likeness (QED) is 0.328. The van der Waals surface area contributed by atoms with E-state index in [0.717, 1.165) is 31.9 Å². The highest BCUT2D eigenvalue weighted by atomic mass is 79.9. The van der Waals surface area contributed by atoms with Gasteiger partial charge in [0, 0.05) is 17.6 Å². The number of halogens is 1. The number of amides is 2. The van der Waals surface area contributed by atoms with Crippen molar-refractivity contribution < 1.29 is 18.0 Å². The second-order valence-corrected chi connectivity index (χ2v) is 11.9. The number of hydrogen-bond acceptors (Lipinski definition) is 4. The molecule has 2 amide bonds. The molecule has 3 rings (SSSR count). The van der Waals surface area contributed by atoms with Crippen LogP contribution in [0.25, 0.3) is 0 Å². The molecule has 1 N–H and O–H groups in total. The summed E-state index contributed by atoms with van der Waals surface area (Å²) in [5, 5.41) is 2.85. The normalized spacial score (nSPS) is 12.0. The lowest BCUT2D eigenvalue weighted by Gasteiger charge is -2.32. The van der Waals surface area contributed by atoms with E-state index in [4.69, 9.17) is 0 Å². The summed E-state index contributed by atoms with van der Waals surface area (Å²) in [5.74, 6) is -0.769. The van der Waals surface area contributed by atoms with Crippen molar-refractivity contribution in [1.82, 2.24) is 10.2 Å². The molecule has 0 aliphatic heterocycles. The highest BCUT2D eigenvalue weighted by Gasteiger charge is 2.33. The fourth-order valence-corrected chi connectivity index (χ4v) is 5.76. The van der Waals surface area contributed by atoms with Gasteiger partial charge in [0.05, 0.1) is 10.6 Å². The van der Waals surface area contributed by atoms with Gasteiger partial charge in [0.25, 0.3) is 10.0 Å². The Morgan fingerprint density at radius 1 is 0.947 bits per heavy atom. The average Bonchev–Trinajstić information content (AvgIpc) is 2.91. The van der Waals surface area contributed by atoms with Crippen molar-refractivity contribution in [3.8, 4) is 0 Å². The van der Waals surface area contributed by atoms with E-state index < -0.39 is 28.5 Å². The Morgan fingerprint density at radius 2 is 1.61 bits per heavy atom. The molecule has 0 aromatic heterocycles. The fourth-order valence-electron chi connectivity index (χ4n) is 4.00. The van der Waals surface area contributed by atoms with Crippen molar-refractivity contribution >= 4 is 43.5 Å². The molecule has 0 aliphatic rings. The fraction of sp³-hybridized carbons (Fsp3) is 0.310. The van der Waals surface area contributed by atoms with Crippen molar-refractivity contribution in [2.24, 2.45) is 0 Å². The van der Waals surface area contributed by atoms with Crippen molar-refractivity contribution in [3.63, 3.8) is 0 Å². The summed E-state index contributed by atoms with van der Waals surface area (Å²) in [6.45, 7) is 7.53. The number of benzene rings is 3. The third-order valence-corrected chi connectivity index (χ3v) is 8.74. The van der Waals surface area contributed by atoms with Crippen LogP contribution < -0.4 is 9.62 Å². The summed E-state index contributed by atoms with van der Waals surface area (Å²) in [6.07, 6.45) is 0.759. The number of carbonyl (C=O) groups excluding carboxylic acids is 2. The Balaban J connectivity index is 2.04. The average molecular weight is 601 g/mol. The minimum Gasteiger partial charge on any atom is -0.354 e. The minimum absolute atomic E-state index is 0.0851. The first-order valence-electron chi connectivity index (χ1n) is 12.5. The first-order chi connectivity index (χ1) is 18.1. The van der Waals surface area contributed by atoms with E-state index in [9.17, 15) is 18.0 Å². The molecule has 0 saturated carbocycles. The van der Waals surface area contributed by atoms with E-state index in [1.807, 2.05) is 51.1 Å². The number of carbonyl (C=O) groups is 2. The summed E-state index contributed by atoms with van der Waals surface area (Å²) in [4.78, 5) is 28.4. The van der Waals surface area contributed by atoms with Crippen LogP contribution in [-0.4, -0.2) is 44.3 Å². The predicted molar refractivity (Wildman–Crippen MR) is 154 cm³/mol. The molecule has 3 aromatic carbocycles. The molecule has 0 spiro atoms. The van der Waals surface area contributed by atoms with Crippen LogP contribution in [0.5, 0.6) is 0 Å². The van der Waals surface area contributed by atoms with E-state index in [2.05, 4.69) is 21.2 Å². The van der Waals surface area contributed by atoms with Gasteiger partial charge < -0.3 is 10.2 Å². The predicted octanol–water partition coefficient (Wildman–Crippen LogP) is 5.20. The molecule has 0 heterocycles. The molecule has 1 atom stereocenters. The second kappa shape index (κ2) is 13.1. The molecule has 0 aliphatic carbocycles. The monoisotopic (exact) mass is 599 g/mol. The van der Waals surface area contributed by atoms with E-state index >= 15 is 0 Å². The highest BCUT2D eigenvalue weighted by molar-refractivity contribution is 9.10. The number of nitrogens with one attached hydrogen (secondary N) is 1. The molecule has 38 heavy (non-hydrogen) atoms. The van der Waals surface area contributed by atoms with Gasteiger partial charge in [0.2, 0.25) is 11.8 Å². The largest absolute Gasteiger partial charge is 0.354 e. The maximum atomic E-state index is 13.9. The third kappa shape index (κ3) is 7.02. The van der Waals surface area contributed by atoms with Gasteiger partial charge in [0.15, 0.2) is 0 Å². The van der Waals surface area contributed by atoms with Crippen molar-refractivity contribution in [2.75, 3.05) is 17.4 Å².